The van der Waals surface area contributed by atoms with Crippen LogP contribution >= 0.6 is 23.1 Å². The van der Waals surface area contributed by atoms with Gasteiger partial charge in [0.1, 0.15) is 0 Å². The van der Waals surface area contributed by atoms with Gasteiger partial charge >= 0.3 is 0 Å². The maximum absolute atomic E-state index is 12.4. The lowest BCUT2D eigenvalue weighted by atomic mass is 10.0. The molecule has 136 valence electrons. The molecule has 6 nitrogen and oxygen atoms in total. The van der Waals surface area contributed by atoms with Crippen molar-refractivity contribution in [3.8, 4) is 10.7 Å². The van der Waals surface area contributed by atoms with Gasteiger partial charge in [0, 0.05) is 5.69 Å². The van der Waals surface area contributed by atoms with Crippen LogP contribution < -0.4 is 11.2 Å². The molecule has 0 saturated carbocycles. The summed E-state index contributed by atoms with van der Waals surface area (Å²) in [5.41, 5.74) is 3.21. The third kappa shape index (κ3) is 3.91. The number of benzene rings is 1. The molecule has 1 aromatic carbocycles. The summed E-state index contributed by atoms with van der Waals surface area (Å²) in [5.74, 6) is 6.82. The van der Waals surface area contributed by atoms with Gasteiger partial charge in [-0.15, -0.1) is 21.5 Å². The van der Waals surface area contributed by atoms with Crippen LogP contribution in [0.3, 0.4) is 0 Å². The van der Waals surface area contributed by atoms with Gasteiger partial charge in [0.25, 0.3) is 0 Å². The number of carbonyl (C=O) groups is 1. The number of nitrogens with one attached hydrogen (secondary N) is 1. The lowest BCUT2D eigenvalue weighted by molar-refractivity contribution is -0.113. The van der Waals surface area contributed by atoms with Crippen LogP contribution in [0.25, 0.3) is 10.7 Å². The normalized spacial score (nSPS) is 10.8. The molecule has 0 bridgehead atoms. The first kappa shape index (κ1) is 18.5. The molecule has 0 spiro atoms. The largest absolute Gasteiger partial charge is 0.335 e. The SMILES string of the molecule is CCc1cccc(CC)c1NC(=O)CSc1nnc(-c2cccs2)n1N. The molecule has 2 heterocycles. The molecule has 0 aliphatic carbocycles. The minimum atomic E-state index is -0.0775. The first-order chi connectivity index (χ1) is 12.6. The fourth-order valence-electron chi connectivity index (χ4n) is 2.66. The van der Waals surface area contributed by atoms with Crippen LogP contribution in [0.15, 0.2) is 40.9 Å². The second-order valence-corrected chi connectivity index (χ2v) is 7.54. The Morgan fingerprint density at radius 3 is 2.54 bits per heavy atom. The van der Waals surface area contributed by atoms with Crippen LogP contribution in [-0.2, 0) is 17.6 Å². The summed E-state index contributed by atoms with van der Waals surface area (Å²) >= 11 is 2.82. The predicted octanol–water partition coefficient (Wildman–Crippen LogP) is 3.58. The number of aromatic nitrogens is 3. The van der Waals surface area contributed by atoms with Crippen molar-refractivity contribution in [2.45, 2.75) is 31.8 Å². The van der Waals surface area contributed by atoms with E-state index < -0.39 is 0 Å². The standard InChI is InChI=1S/C18H21N5OS2/c1-3-12-7-5-8-13(4-2)16(12)20-15(24)11-26-18-22-21-17(23(18)19)14-9-6-10-25-14/h5-10H,3-4,11,19H2,1-2H3,(H,20,24). The van der Waals surface area contributed by atoms with Gasteiger partial charge in [-0.1, -0.05) is 49.9 Å². The fraction of sp³-hybridized carbons (Fsp3) is 0.278. The zero-order valence-corrected chi connectivity index (χ0v) is 16.4. The van der Waals surface area contributed by atoms with E-state index in [1.165, 1.54) is 16.4 Å². The molecule has 0 radical (unpaired) electrons. The van der Waals surface area contributed by atoms with Crippen molar-refractivity contribution < 1.29 is 4.79 Å². The highest BCUT2D eigenvalue weighted by atomic mass is 32.2. The second-order valence-electron chi connectivity index (χ2n) is 5.65. The number of hydrogen-bond acceptors (Lipinski definition) is 6. The van der Waals surface area contributed by atoms with Gasteiger partial charge in [0.15, 0.2) is 5.82 Å². The van der Waals surface area contributed by atoms with Crippen LogP contribution in [-0.4, -0.2) is 26.5 Å². The van der Waals surface area contributed by atoms with Crippen LogP contribution in [0.5, 0.6) is 0 Å². The Labute approximate surface area is 160 Å². The minimum Gasteiger partial charge on any atom is -0.335 e. The topological polar surface area (TPSA) is 85.8 Å². The predicted molar refractivity (Wildman–Crippen MR) is 108 cm³/mol. The van der Waals surface area contributed by atoms with E-state index in [9.17, 15) is 4.79 Å². The Bertz CT molecular complexity index is 867. The average Bonchev–Trinajstić information content (AvgIpc) is 3.30. The van der Waals surface area contributed by atoms with Crippen LogP contribution in [0.1, 0.15) is 25.0 Å². The van der Waals surface area contributed by atoms with Crippen molar-refractivity contribution in [3.63, 3.8) is 0 Å². The van der Waals surface area contributed by atoms with Gasteiger partial charge in [-0.05, 0) is 35.4 Å². The van der Waals surface area contributed by atoms with E-state index in [1.807, 2.05) is 35.7 Å². The van der Waals surface area contributed by atoms with E-state index in [2.05, 4.69) is 29.4 Å². The smallest absolute Gasteiger partial charge is 0.234 e. The van der Waals surface area contributed by atoms with Gasteiger partial charge in [-0.3, -0.25) is 4.79 Å². The number of hydrogen-bond donors (Lipinski definition) is 2. The van der Waals surface area contributed by atoms with Crippen molar-refractivity contribution in [2.75, 3.05) is 16.9 Å². The first-order valence-corrected chi connectivity index (χ1v) is 10.3. The van der Waals surface area contributed by atoms with Crippen molar-refractivity contribution in [1.29, 1.82) is 0 Å². The molecular formula is C18H21N5OS2. The number of carbonyl (C=O) groups excluding carboxylic acids is 1. The molecule has 8 heteroatoms. The Hall–Kier alpha value is -2.32. The molecule has 3 N–H and O–H groups in total. The summed E-state index contributed by atoms with van der Waals surface area (Å²) < 4.78 is 1.43. The number of rotatable bonds is 7. The Morgan fingerprint density at radius 1 is 1.19 bits per heavy atom. The number of nitrogens with two attached hydrogens (primary N) is 1. The van der Waals surface area contributed by atoms with Crippen molar-refractivity contribution in [2.24, 2.45) is 0 Å². The molecule has 0 unspecified atom stereocenters. The van der Waals surface area contributed by atoms with E-state index >= 15 is 0 Å². The molecule has 0 aliphatic rings. The van der Waals surface area contributed by atoms with Gasteiger partial charge < -0.3 is 11.2 Å². The van der Waals surface area contributed by atoms with Gasteiger partial charge in [-0.25, -0.2) is 4.68 Å². The van der Waals surface area contributed by atoms with Crippen LogP contribution in [0, 0.1) is 0 Å². The highest BCUT2D eigenvalue weighted by Gasteiger charge is 2.15. The number of thioether (sulfide) groups is 1. The van der Waals surface area contributed by atoms with E-state index in [-0.39, 0.29) is 11.7 Å². The van der Waals surface area contributed by atoms with Gasteiger partial charge in [0.05, 0.1) is 10.6 Å². The monoisotopic (exact) mass is 387 g/mol. The highest BCUT2D eigenvalue weighted by Crippen LogP contribution is 2.26. The van der Waals surface area contributed by atoms with Crippen LogP contribution in [0.2, 0.25) is 0 Å². The molecule has 2 aromatic heterocycles. The number of thiophene rings is 1. The maximum Gasteiger partial charge on any atom is 0.234 e. The summed E-state index contributed by atoms with van der Waals surface area (Å²) in [7, 11) is 0. The van der Waals surface area contributed by atoms with E-state index in [1.54, 1.807) is 11.3 Å². The molecule has 0 aliphatic heterocycles. The van der Waals surface area contributed by atoms with Crippen molar-refractivity contribution in [1.82, 2.24) is 14.9 Å². The van der Waals surface area contributed by atoms with Crippen molar-refractivity contribution >= 4 is 34.7 Å². The zero-order valence-electron chi connectivity index (χ0n) is 14.7. The lowest BCUT2D eigenvalue weighted by Gasteiger charge is -2.14. The molecule has 3 rings (SSSR count). The molecular weight excluding hydrogens is 366 g/mol. The molecule has 3 aromatic rings. The molecule has 0 fully saturated rings. The quantitative estimate of drug-likeness (QED) is 0.478. The molecule has 26 heavy (non-hydrogen) atoms. The van der Waals surface area contributed by atoms with Gasteiger partial charge in [0.2, 0.25) is 11.1 Å². The summed E-state index contributed by atoms with van der Waals surface area (Å²) in [6.45, 7) is 4.17. The first-order valence-electron chi connectivity index (χ1n) is 8.41. The lowest BCUT2D eigenvalue weighted by Crippen LogP contribution is -2.18. The number of amides is 1. The Kier molecular flexibility index (Phi) is 5.95. The summed E-state index contributed by atoms with van der Waals surface area (Å²) in [4.78, 5) is 13.4. The second kappa shape index (κ2) is 8.37. The number of aryl methyl sites for hydroxylation is 2. The maximum atomic E-state index is 12.4. The number of nitrogens with zero attached hydrogens (tertiary/aromatic N) is 3. The van der Waals surface area contributed by atoms with Crippen molar-refractivity contribution in [3.05, 3.63) is 46.8 Å². The summed E-state index contributed by atoms with van der Waals surface area (Å²) in [6, 6.07) is 10.0. The molecule has 0 atom stereocenters. The molecule has 1 amide bonds. The minimum absolute atomic E-state index is 0.0775. The van der Waals surface area contributed by atoms with Gasteiger partial charge in [-0.2, -0.15) is 0 Å². The Balaban J connectivity index is 1.67. The average molecular weight is 388 g/mol. The summed E-state index contributed by atoms with van der Waals surface area (Å²) in [5, 5.41) is 13.7. The fourth-order valence-corrected chi connectivity index (χ4v) is 4.02. The molecule has 0 saturated heterocycles. The van der Waals surface area contributed by atoms with E-state index in [4.69, 9.17) is 5.84 Å². The Morgan fingerprint density at radius 2 is 1.92 bits per heavy atom. The third-order valence-electron chi connectivity index (χ3n) is 4.00. The number of para-hydroxylation sites is 1. The van der Waals surface area contributed by atoms with E-state index in [0.717, 1.165) is 34.5 Å². The highest BCUT2D eigenvalue weighted by molar-refractivity contribution is 7.99. The third-order valence-corrected chi connectivity index (χ3v) is 5.81. The number of nitrogen functional groups attached to an aromatic ring is 1. The number of anilines is 1. The summed E-state index contributed by atoms with van der Waals surface area (Å²) in [6.07, 6.45) is 1.75. The zero-order chi connectivity index (χ0) is 18.5. The van der Waals surface area contributed by atoms with E-state index in [0.29, 0.717) is 11.0 Å². The van der Waals surface area contributed by atoms with Crippen LogP contribution in [0.4, 0.5) is 5.69 Å².